The summed E-state index contributed by atoms with van der Waals surface area (Å²) < 4.78 is 0. The highest BCUT2D eigenvalue weighted by Gasteiger charge is 2.03. The highest BCUT2D eigenvalue weighted by atomic mass is 35.5. The molecule has 0 unspecified atom stereocenters. The minimum absolute atomic E-state index is 0.727. The Labute approximate surface area is 128 Å². The molecule has 1 rings (SSSR count). The summed E-state index contributed by atoms with van der Waals surface area (Å²) in [6.45, 7) is 9.87. The summed E-state index contributed by atoms with van der Waals surface area (Å²) in [6, 6.07) is 0. The van der Waals surface area contributed by atoms with Gasteiger partial charge in [0.05, 0.1) is 0 Å². The maximum absolute atomic E-state index is 6.17. The summed E-state index contributed by atoms with van der Waals surface area (Å²) in [5, 5.41) is 3.85. The van der Waals surface area contributed by atoms with Crippen LogP contribution in [-0.2, 0) is 0 Å². The van der Waals surface area contributed by atoms with Crippen molar-refractivity contribution in [3.05, 3.63) is 59.3 Å². The largest absolute Gasteiger partial charge is 0.345 e. The maximum Gasteiger partial charge on any atom is 0.131 e. The lowest BCUT2D eigenvalue weighted by atomic mass is 10.1. The Balaban J connectivity index is 0.00000172. The fraction of sp³-hybridized carbons (Fsp3) is 0.353. The van der Waals surface area contributed by atoms with Gasteiger partial charge in [-0.25, -0.2) is 0 Å². The summed E-state index contributed by atoms with van der Waals surface area (Å²) in [7, 11) is 1.72. The molecule has 0 heterocycles. The Morgan fingerprint density at radius 2 is 2.20 bits per heavy atom. The van der Waals surface area contributed by atoms with Crippen molar-refractivity contribution >= 4 is 17.4 Å². The first-order valence-electron chi connectivity index (χ1n) is 6.91. The summed E-state index contributed by atoms with van der Waals surface area (Å²) in [6.07, 6.45) is 13.6. The molecule has 0 aromatic rings. The predicted octanol–water partition coefficient (Wildman–Crippen LogP) is 5.12. The molecule has 0 bridgehead atoms. The molecule has 0 saturated carbocycles. The van der Waals surface area contributed by atoms with Crippen LogP contribution >= 0.6 is 11.6 Å². The van der Waals surface area contributed by atoms with Crippen LogP contribution in [0.5, 0.6) is 0 Å². The first-order valence-corrected chi connectivity index (χ1v) is 7.29. The third kappa shape index (κ3) is 7.15. The Bertz CT molecular complexity index is 452. The Hall–Kier alpha value is -1.54. The monoisotopic (exact) mass is 292 g/mol. The third-order valence-corrected chi connectivity index (χ3v) is 2.75. The number of aliphatic imine (C=N–C) groups is 1. The lowest BCUT2D eigenvalue weighted by molar-refractivity contribution is 1.09. The normalized spacial score (nSPS) is 14.9. The molecule has 0 saturated heterocycles. The standard InChI is InChI=1S/C15H19ClN2.C2H6/c1-4-7-12(2)15(17-3)18-11-14(16)10-13-8-5-6-9-13;1-2/h4-8,11H,2,9-10H2,1,3H3,(H,17,18);1-2H3/b7-4-,14-11+;. The average molecular weight is 293 g/mol. The zero-order chi connectivity index (χ0) is 15.4. The Morgan fingerprint density at radius 3 is 2.70 bits per heavy atom. The van der Waals surface area contributed by atoms with Crippen LogP contribution in [0.4, 0.5) is 0 Å². The number of hydrogen-bond acceptors (Lipinski definition) is 1. The number of halogens is 1. The van der Waals surface area contributed by atoms with Gasteiger partial charge in [0.2, 0.25) is 0 Å². The van der Waals surface area contributed by atoms with Gasteiger partial charge in [-0.15, -0.1) is 0 Å². The number of rotatable bonds is 5. The van der Waals surface area contributed by atoms with E-state index in [9.17, 15) is 0 Å². The van der Waals surface area contributed by atoms with Gasteiger partial charge >= 0.3 is 0 Å². The first kappa shape index (κ1) is 18.5. The topological polar surface area (TPSA) is 24.4 Å². The molecule has 0 radical (unpaired) electrons. The van der Waals surface area contributed by atoms with Crippen LogP contribution in [0.2, 0.25) is 0 Å². The van der Waals surface area contributed by atoms with Crippen LogP contribution < -0.4 is 5.32 Å². The van der Waals surface area contributed by atoms with E-state index in [0.29, 0.717) is 0 Å². The lowest BCUT2D eigenvalue weighted by Crippen LogP contribution is -2.18. The van der Waals surface area contributed by atoms with Crippen LogP contribution in [0.1, 0.15) is 33.6 Å². The average Bonchev–Trinajstić information content (AvgIpc) is 2.95. The minimum atomic E-state index is 0.727. The van der Waals surface area contributed by atoms with Crippen molar-refractivity contribution in [3.8, 4) is 0 Å². The van der Waals surface area contributed by atoms with E-state index in [1.807, 2.05) is 32.9 Å². The van der Waals surface area contributed by atoms with Crippen molar-refractivity contribution in [2.45, 2.75) is 33.6 Å². The van der Waals surface area contributed by atoms with Crippen molar-refractivity contribution < 1.29 is 0 Å². The number of nitrogens with one attached hydrogen (secondary N) is 1. The van der Waals surface area contributed by atoms with Crippen molar-refractivity contribution in [3.63, 3.8) is 0 Å². The molecular formula is C17H25ClN2. The van der Waals surface area contributed by atoms with Gasteiger partial charge in [-0.1, -0.05) is 68.0 Å². The second kappa shape index (κ2) is 11.3. The van der Waals surface area contributed by atoms with E-state index in [4.69, 9.17) is 11.6 Å². The fourth-order valence-corrected chi connectivity index (χ4v) is 1.84. The smallest absolute Gasteiger partial charge is 0.131 e. The molecule has 2 nitrogen and oxygen atoms in total. The van der Waals surface area contributed by atoms with Gasteiger partial charge in [0.25, 0.3) is 0 Å². The van der Waals surface area contributed by atoms with Crippen molar-refractivity contribution in [2.24, 2.45) is 4.99 Å². The molecule has 0 fully saturated rings. The third-order valence-electron chi connectivity index (χ3n) is 2.51. The summed E-state index contributed by atoms with van der Waals surface area (Å²) in [5.41, 5.74) is 2.16. The highest BCUT2D eigenvalue weighted by Crippen LogP contribution is 2.21. The molecule has 0 aromatic heterocycles. The summed E-state index contributed by atoms with van der Waals surface area (Å²) >= 11 is 6.17. The zero-order valence-corrected chi connectivity index (χ0v) is 13.7. The Kier molecular flexibility index (Phi) is 10.4. The van der Waals surface area contributed by atoms with Gasteiger partial charge in [-0.2, -0.15) is 0 Å². The molecule has 1 N–H and O–H groups in total. The molecule has 0 amide bonds. The predicted molar refractivity (Wildman–Crippen MR) is 92.2 cm³/mol. The van der Waals surface area contributed by atoms with Crippen molar-refractivity contribution in [1.29, 1.82) is 0 Å². The molecule has 0 aromatic carbocycles. The maximum atomic E-state index is 6.17. The molecule has 110 valence electrons. The van der Waals surface area contributed by atoms with Crippen LogP contribution in [-0.4, -0.2) is 12.9 Å². The zero-order valence-electron chi connectivity index (χ0n) is 12.9. The minimum Gasteiger partial charge on any atom is -0.345 e. The SMILES string of the molecule is C=C(/C=C\C)C(=NC)N/C=C(/Cl)CC1=CC=CC1.CC. The number of hydrogen-bond donors (Lipinski definition) is 1. The molecule has 0 spiro atoms. The van der Waals surface area contributed by atoms with Gasteiger partial charge in [0.1, 0.15) is 5.84 Å². The van der Waals surface area contributed by atoms with E-state index in [1.54, 1.807) is 13.2 Å². The number of amidine groups is 1. The van der Waals surface area contributed by atoms with Crippen LogP contribution in [0.25, 0.3) is 0 Å². The van der Waals surface area contributed by atoms with Crippen molar-refractivity contribution in [2.75, 3.05) is 7.05 Å². The van der Waals surface area contributed by atoms with E-state index in [1.165, 1.54) is 5.57 Å². The quantitative estimate of drug-likeness (QED) is 0.424. The van der Waals surface area contributed by atoms with E-state index in [-0.39, 0.29) is 0 Å². The van der Waals surface area contributed by atoms with Gasteiger partial charge < -0.3 is 5.32 Å². The van der Waals surface area contributed by atoms with Gasteiger partial charge in [-0.3, -0.25) is 4.99 Å². The second-order valence-corrected chi connectivity index (χ2v) is 4.45. The number of nitrogens with zero attached hydrogens (tertiary/aromatic N) is 1. The van der Waals surface area contributed by atoms with Gasteiger partial charge in [0.15, 0.2) is 0 Å². The van der Waals surface area contributed by atoms with Crippen LogP contribution in [0.3, 0.4) is 0 Å². The first-order chi connectivity index (χ1) is 9.67. The lowest BCUT2D eigenvalue weighted by Gasteiger charge is -2.06. The van der Waals surface area contributed by atoms with E-state index >= 15 is 0 Å². The molecule has 20 heavy (non-hydrogen) atoms. The fourth-order valence-electron chi connectivity index (χ4n) is 1.62. The molecular weight excluding hydrogens is 268 g/mol. The molecule has 1 aliphatic rings. The second-order valence-electron chi connectivity index (χ2n) is 3.97. The molecule has 3 heteroatoms. The van der Waals surface area contributed by atoms with E-state index < -0.39 is 0 Å². The molecule has 0 aliphatic heterocycles. The number of allylic oxidation sites excluding steroid dienone is 6. The molecule has 1 aliphatic carbocycles. The van der Waals surface area contributed by atoms with E-state index in [2.05, 4.69) is 35.1 Å². The van der Waals surface area contributed by atoms with E-state index in [0.717, 1.165) is 29.3 Å². The van der Waals surface area contributed by atoms with Crippen LogP contribution in [0.15, 0.2) is 64.3 Å². The highest BCUT2D eigenvalue weighted by molar-refractivity contribution is 6.29. The Morgan fingerprint density at radius 1 is 1.50 bits per heavy atom. The van der Waals surface area contributed by atoms with Crippen LogP contribution in [0, 0.1) is 0 Å². The van der Waals surface area contributed by atoms with Gasteiger partial charge in [0, 0.05) is 30.3 Å². The van der Waals surface area contributed by atoms with Gasteiger partial charge in [-0.05, 0) is 13.3 Å². The molecule has 0 atom stereocenters. The summed E-state index contributed by atoms with van der Waals surface area (Å²) in [4.78, 5) is 4.13. The summed E-state index contributed by atoms with van der Waals surface area (Å²) in [5.74, 6) is 0.727. The van der Waals surface area contributed by atoms with Crippen molar-refractivity contribution in [1.82, 2.24) is 5.32 Å².